The molecule has 0 heterocycles. The quantitative estimate of drug-likeness (QED) is 0.702. The second-order valence-electron chi connectivity index (χ2n) is 4.76. The lowest BCUT2D eigenvalue weighted by atomic mass is 9.79. The highest BCUT2D eigenvalue weighted by atomic mass is 16.2. The highest BCUT2D eigenvalue weighted by Crippen LogP contribution is 2.29. The van der Waals surface area contributed by atoms with Gasteiger partial charge >= 0.3 is 0 Å². The van der Waals surface area contributed by atoms with Gasteiger partial charge in [-0.2, -0.15) is 0 Å². The van der Waals surface area contributed by atoms with Gasteiger partial charge in [0.05, 0.1) is 6.04 Å². The molecule has 4 atom stereocenters. The summed E-state index contributed by atoms with van der Waals surface area (Å²) in [6.07, 6.45) is 3.41. The van der Waals surface area contributed by atoms with E-state index in [2.05, 4.69) is 19.2 Å². The largest absolute Gasteiger partial charge is 0.352 e. The van der Waals surface area contributed by atoms with E-state index in [1.807, 2.05) is 0 Å². The van der Waals surface area contributed by atoms with Crippen molar-refractivity contribution < 1.29 is 4.79 Å². The summed E-state index contributed by atoms with van der Waals surface area (Å²) >= 11 is 0. The van der Waals surface area contributed by atoms with E-state index in [4.69, 9.17) is 5.73 Å². The Hall–Kier alpha value is -0.570. The normalized spacial score (nSPS) is 35.0. The number of nitrogens with one attached hydrogen (secondary N) is 1. The van der Waals surface area contributed by atoms with E-state index >= 15 is 0 Å². The molecule has 0 spiro atoms. The van der Waals surface area contributed by atoms with Gasteiger partial charge in [0.25, 0.3) is 0 Å². The maximum Gasteiger partial charge on any atom is 0.236 e. The van der Waals surface area contributed by atoms with Gasteiger partial charge in [-0.25, -0.2) is 0 Å². The summed E-state index contributed by atoms with van der Waals surface area (Å²) in [5.74, 6) is 1.48. The molecular weight excluding hydrogens is 176 g/mol. The summed E-state index contributed by atoms with van der Waals surface area (Å²) < 4.78 is 0. The Morgan fingerprint density at radius 3 is 2.50 bits per heavy atom. The number of hydrogen-bond donors (Lipinski definition) is 2. The van der Waals surface area contributed by atoms with E-state index in [9.17, 15) is 4.79 Å². The molecule has 1 amide bonds. The van der Waals surface area contributed by atoms with Crippen molar-refractivity contribution in [2.24, 2.45) is 17.6 Å². The maximum absolute atomic E-state index is 11.4. The Kier molecular flexibility index (Phi) is 3.93. The summed E-state index contributed by atoms with van der Waals surface area (Å²) in [4.78, 5) is 11.4. The minimum absolute atomic E-state index is 0.0169. The van der Waals surface area contributed by atoms with Gasteiger partial charge in [-0.1, -0.05) is 13.8 Å². The zero-order valence-electron chi connectivity index (χ0n) is 9.42. The van der Waals surface area contributed by atoms with E-state index < -0.39 is 0 Å². The minimum Gasteiger partial charge on any atom is -0.352 e. The predicted octanol–water partition coefficient (Wildman–Crippen LogP) is 1.27. The van der Waals surface area contributed by atoms with Crippen LogP contribution in [-0.2, 0) is 4.79 Å². The summed E-state index contributed by atoms with van der Waals surface area (Å²) in [5.41, 5.74) is 5.50. The van der Waals surface area contributed by atoms with E-state index in [1.54, 1.807) is 6.92 Å². The molecular formula is C11H22N2O. The van der Waals surface area contributed by atoms with Crippen molar-refractivity contribution in [3.63, 3.8) is 0 Å². The standard InChI is InChI=1S/C11H22N2O/c1-7-4-5-10(6-8(7)2)13-11(14)9(3)12/h7-10H,4-6,12H2,1-3H3,(H,13,14)/t7-,8?,9?,10+/m0/s1. The Morgan fingerprint density at radius 1 is 1.36 bits per heavy atom. The van der Waals surface area contributed by atoms with Crippen molar-refractivity contribution in [2.75, 3.05) is 0 Å². The molecule has 82 valence electrons. The third-order valence-corrected chi connectivity index (χ3v) is 3.36. The van der Waals surface area contributed by atoms with E-state index in [0.29, 0.717) is 12.0 Å². The molecule has 0 saturated heterocycles. The van der Waals surface area contributed by atoms with Crippen molar-refractivity contribution in [3.8, 4) is 0 Å². The van der Waals surface area contributed by atoms with Crippen LogP contribution < -0.4 is 11.1 Å². The molecule has 3 N–H and O–H groups in total. The summed E-state index contributed by atoms with van der Waals surface area (Å²) in [6, 6.07) is -0.0376. The average Bonchev–Trinajstić information content (AvgIpc) is 2.11. The van der Waals surface area contributed by atoms with Gasteiger partial charge in [0, 0.05) is 6.04 Å². The van der Waals surface area contributed by atoms with Gasteiger partial charge < -0.3 is 11.1 Å². The van der Waals surface area contributed by atoms with Gasteiger partial charge in [0.2, 0.25) is 5.91 Å². The van der Waals surface area contributed by atoms with Gasteiger partial charge in [-0.3, -0.25) is 4.79 Å². The number of carbonyl (C=O) groups excluding carboxylic acids is 1. The van der Waals surface area contributed by atoms with Crippen molar-refractivity contribution >= 4 is 5.91 Å². The molecule has 3 heteroatoms. The van der Waals surface area contributed by atoms with Crippen LogP contribution >= 0.6 is 0 Å². The van der Waals surface area contributed by atoms with Gasteiger partial charge in [-0.15, -0.1) is 0 Å². The van der Waals surface area contributed by atoms with Crippen LogP contribution in [0.2, 0.25) is 0 Å². The maximum atomic E-state index is 11.4. The topological polar surface area (TPSA) is 55.1 Å². The molecule has 1 aliphatic carbocycles. The number of amides is 1. The molecule has 0 aliphatic heterocycles. The number of carbonyl (C=O) groups is 1. The minimum atomic E-state index is -0.385. The SMILES string of the molecule is CC(N)C(=O)N[C@@H]1CC[C@H](C)C(C)C1. The van der Waals surface area contributed by atoms with Crippen LogP contribution in [0.4, 0.5) is 0 Å². The van der Waals surface area contributed by atoms with E-state index in [-0.39, 0.29) is 11.9 Å². The van der Waals surface area contributed by atoms with Crippen LogP contribution in [0.15, 0.2) is 0 Å². The van der Waals surface area contributed by atoms with Gasteiger partial charge in [-0.05, 0) is 38.0 Å². The molecule has 0 aromatic heterocycles. The molecule has 1 saturated carbocycles. The van der Waals surface area contributed by atoms with Crippen LogP contribution in [0.3, 0.4) is 0 Å². The molecule has 0 bridgehead atoms. The lowest BCUT2D eigenvalue weighted by Gasteiger charge is -2.32. The third kappa shape index (κ3) is 2.98. The fourth-order valence-corrected chi connectivity index (χ4v) is 2.01. The second-order valence-corrected chi connectivity index (χ2v) is 4.76. The van der Waals surface area contributed by atoms with Crippen LogP contribution in [0.25, 0.3) is 0 Å². The molecule has 1 aliphatic rings. The van der Waals surface area contributed by atoms with Crippen molar-refractivity contribution in [2.45, 2.75) is 52.1 Å². The number of nitrogens with two attached hydrogens (primary N) is 1. The monoisotopic (exact) mass is 198 g/mol. The predicted molar refractivity (Wildman–Crippen MR) is 57.8 cm³/mol. The summed E-state index contributed by atoms with van der Waals surface area (Å²) in [6.45, 7) is 6.27. The number of hydrogen-bond acceptors (Lipinski definition) is 2. The Balaban J connectivity index is 2.37. The van der Waals surface area contributed by atoms with Crippen LogP contribution in [0, 0.1) is 11.8 Å². The lowest BCUT2D eigenvalue weighted by Crippen LogP contribution is -2.46. The first kappa shape index (κ1) is 11.5. The first-order valence-corrected chi connectivity index (χ1v) is 5.56. The number of rotatable bonds is 2. The molecule has 2 unspecified atom stereocenters. The fourth-order valence-electron chi connectivity index (χ4n) is 2.01. The van der Waals surface area contributed by atoms with Crippen molar-refractivity contribution in [3.05, 3.63) is 0 Å². The van der Waals surface area contributed by atoms with Crippen molar-refractivity contribution in [1.82, 2.24) is 5.32 Å². The Morgan fingerprint density at radius 2 is 2.00 bits per heavy atom. The smallest absolute Gasteiger partial charge is 0.236 e. The highest BCUT2D eigenvalue weighted by molar-refractivity contribution is 5.81. The first-order valence-electron chi connectivity index (χ1n) is 5.56. The molecule has 14 heavy (non-hydrogen) atoms. The first-order chi connectivity index (χ1) is 6.50. The Labute approximate surface area is 86.4 Å². The average molecular weight is 198 g/mol. The van der Waals surface area contributed by atoms with Gasteiger partial charge in [0.1, 0.15) is 0 Å². The van der Waals surface area contributed by atoms with Gasteiger partial charge in [0.15, 0.2) is 0 Å². The molecule has 3 nitrogen and oxygen atoms in total. The zero-order chi connectivity index (χ0) is 10.7. The molecule has 0 radical (unpaired) electrons. The second kappa shape index (κ2) is 4.78. The fraction of sp³-hybridized carbons (Fsp3) is 0.909. The molecule has 0 aromatic rings. The Bertz CT molecular complexity index is 203. The molecule has 0 aromatic carbocycles. The highest BCUT2D eigenvalue weighted by Gasteiger charge is 2.25. The van der Waals surface area contributed by atoms with E-state index in [0.717, 1.165) is 18.8 Å². The van der Waals surface area contributed by atoms with Crippen molar-refractivity contribution in [1.29, 1.82) is 0 Å². The molecule has 1 rings (SSSR count). The molecule has 1 fully saturated rings. The zero-order valence-corrected chi connectivity index (χ0v) is 9.42. The third-order valence-electron chi connectivity index (χ3n) is 3.36. The summed E-state index contributed by atoms with van der Waals surface area (Å²) in [7, 11) is 0. The lowest BCUT2D eigenvalue weighted by molar-refractivity contribution is -0.123. The van der Waals surface area contributed by atoms with E-state index in [1.165, 1.54) is 6.42 Å². The van der Waals surface area contributed by atoms with Crippen LogP contribution in [-0.4, -0.2) is 18.0 Å². The van der Waals surface area contributed by atoms with Crippen LogP contribution in [0.1, 0.15) is 40.0 Å². The summed E-state index contributed by atoms with van der Waals surface area (Å²) in [5, 5.41) is 3.01. The van der Waals surface area contributed by atoms with Crippen LogP contribution in [0.5, 0.6) is 0 Å².